The number of aryl methyl sites for hydroxylation is 2. The van der Waals surface area contributed by atoms with Gasteiger partial charge in [-0.3, -0.25) is 9.89 Å². The Morgan fingerprint density at radius 1 is 1.12 bits per heavy atom. The summed E-state index contributed by atoms with van der Waals surface area (Å²) in [5.41, 5.74) is 8.17. The number of hydrogen-bond donors (Lipinski definition) is 2. The van der Waals surface area contributed by atoms with Crippen LogP contribution in [0.3, 0.4) is 0 Å². The Morgan fingerprint density at radius 3 is 2.76 bits per heavy atom. The number of aliphatic carboxylic acids is 1. The Balaban J connectivity index is 1.45. The molecule has 1 aliphatic carbocycles. The van der Waals surface area contributed by atoms with Gasteiger partial charge in [0, 0.05) is 34.8 Å². The predicted molar refractivity (Wildman–Crippen MR) is 132 cm³/mol. The minimum Gasteiger partial charge on any atom is -0.481 e. The molecule has 0 atom stereocenters. The Bertz CT molecular complexity index is 1280. The lowest BCUT2D eigenvalue weighted by Crippen LogP contribution is -2.07. The molecule has 4 aromatic rings. The summed E-state index contributed by atoms with van der Waals surface area (Å²) in [7, 11) is 0. The molecule has 5 rings (SSSR count). The minimum atomic E-state index is -0.785. The van der Waals surface area contributed by atoms with Crippen LogP contribution in [0, 0.1) is 0 Å². The number of fused-ring (bicyclic) bond motifs is 1. The second kappa shape index (κ2) is 9.26. The summed E-state index contributed by atoms with van der Waals surface area (Å²) in [6.45, 7) is 2.71. The van der Waals surface area contributed by atoms with Gasteiger partial charge >= 0.3 is 5.97 Å². The summed E-state index contributed by atoms with van der Waals surface area (Å²) < 4.78 is 2.00. The van der Waals surface area contributed by atoms with Crippen LogP contribution < -0.4 is 0 Å². The molecule has 2 heterocycles. The maximum Gasteiger partial charge on any atom is 0.305 e. The zero-order chi connectivity index (χ0) is 22.8. The molecule has 1 fully saturated rings. The number of hydrogen-bond acceptors (Lipinski definition) is 2. The van der Waals surface area contributed by atoms with Gasteiger partial charge < -0.3 is 9.67 Å². The molecule has 0 saturated heterocycles. The molecule has 33 heavy (non-hydrogen) atoms. The third-order valence-corrected chi connectivity index (χ3v) is 7.11. The molecule has 0 unspecified atom stereocenters. The van der Waals surface area contributed by atoms with Gasteiger partial charge in [0.2, 0.25) is 0 Å². The lowest BCUT2D eigenvalue weighted by atomic mass is 9.81. The van der Waals surface area contributed by atoms with E-state index in [4.69, 9.17) is 5.11 Å². The van der Waals surface area contributed by atoms with Crippen molar-refractivity contribution in [2.75, 3.05) is 0 Å². The van der Waals surface area contributed by atoms with Crippen LogP contribution in [0.5, 0.6) is 0 Å². The fourth-order valence-corrected chi connectivity index (χ4v) is 5.36. The number of H-pyrrole nitrogens is 1. The number of carboxylic acids is 1. The second-order valence-electron chi connectivity index (χ2n) is 9.16. The van der Waals surface area contributed by atoms with Gasteiger partial charge in [-0.25, -0.2) is 0 Å². The van der Waals surface area contributed by atoms with Crippen molar-refractivity contribution in [3.63, 3.8) is 0 Å². The Morgan fingerprint density at radius 2 is 1.97 bits per heavy atom. The highest BCUT2D eigenvalue weighted by Crippen LogP contribution is 2.37. The molecule has 5 nitrogen and oxygen atoms in total. The first kappa shape index (κ1) is 21.5. The van der Waals surface area contributed by atoms with Crippen LogP contribution >= 0.6 is 0 Å². The van der Waals surface area contributed by atoms with Crippen molar-refractivity contribution in [2.45, 2.75) is 64.3 Å². The van der Waals surface area contributed by atoms with Crippen molar-refractivity contribution < 1.29 is 9.90 Å². The number of nitrogens with one attached hydrogen (secondary N) is 1. The first-order chi connectivity index (χ1) is 16.1. The van der Waals surface area contributed by atoms with Gasteiger partial charge in [0.25, 0.3) is 0 Å². The molecule has 5 heteroatoms. The molecular formula is C28H31N3O2. The Labute approximate surface area is 194 Å². The largest absolute Gasteiger partial charge is 0.481 e. The topological polar surface area (TPSA) is 70.9 Å². The van der Waals surface area contributed by atoms with Crippen molar-refractivity contribution in [1.29, 1.82) is 0 Å². The van der Waals surface area contributed by atoms with E-state index in [-0.39, 0.29) is 6.42 Å². The van der Waals surface area contributed by atoms with E-state index in [0.717, 1.165) is 39.8 Å². The molecule has 1 aliphatic rings. The van der Waals surface area contributed by atoms with E-state index in [1.807, 2.05) is 22.9 Å². The van der Waals surface area contributed by atoms with E-state index in [2.05, 4.69) is 53.5 Å². The molecule has 2 aromatic heterocycles. The number of nitrogens with zero attached hydrogens (tertiary/aromatic N) is 2. The standard InChI is InChI=1S/C28H31N3O2/c1-2-19-17-21(11-12-22(19)20-7-4-3-5-8-20)25-18-26(30-29-25)23-9-6-10-27-24(23)13-15-31(27)16-14-28(32)33/h6,9-13,15,17-18,20H,2-5,7-8,14,16H2,1H3,(H,29,30)(H,32,33). The highest BCUT2D eigenvalue weighted by Gasteiger charge is 2.19. The molecule has 2 N–H and O–H groups in total. The van der Waals surface area contributed by atoms with Crippen molar-refractivity contribution in [3.8, 4) is 22.5 Å². The zero-order valence-electron chi connectivity index (χ0n) is 19.2. The van der Waals surface area contributed by atoms with Crippen LogP contribution in [-0.2, 0) is 17.8 Å². The fourth-order valence-electron chi connectivity index (χ4n) is 5.36. The van der Waals surface area contributed by atoms with E-state index < -0.39 is 5.97 Å². The molecule has 0 spiro atoms. The van der Waals surface area contributed by atoms with Crippen molar-refractivity contribution in [1.82, 2.24) is 14.8 Å². The van der Waals surface area contributed by atoms with Crippen LogP contribution in [-0.4, -0.2) is 25.8 Å². The molecule has 0 radical (unpaired) electrons. The van der Waals surface area contributed by atoms with E-state index in [1.54, 1.807) is 0 Å². The summed E-state index contributed by atoms with van der Waals surface area (Å²) >= 11 is 0. The van der Waals surface area contributed by atoms with Gasteiger partial charge in [-0.1, -0.05) is 50.5 Å². The van der Waals surface area contributed by atoms with Crippen LogP contribution in [0.1, 0.15) is 62.5 Å². The van der Waals surface area contributed by atoms with Gasteiger partial charge in [0.05, 0.1) is 17.8 Å². The second-order valence-corrected chi connectivity index (χ2v) is 9.16. The van der Waals surface area contributed by atoms with Crippen LogP contribution in [0.25, 0.3) is 33.4 Å². The van der Waals surface area contributed by atoms with Gasteiger partial charge in [-0.15, -0.1) is 0 Å². The maximum absolute atomic E-state index is 11.0. The Kier molecular flexibility index (Phi) is 6.03. The minimum absolute atomic E-state index is 0.110. The third kappa shape index (κ3) is 4.32. The quantitative estimate of drug-likeness (QED) is 0.332. The lowest BCUT2D eigenvalue weighted by molar-refractivity contribution is -0.137. The molecule has 2 aromatic carbocycles. The fraction of sp³-hybridized carbons (Fsp3) is 0.357. The number of rotatable bonds is 7. The maximum atomic E-state index is 11.0. The van der Waals surface area contributed by atoms with Gasteiger partial charge in [0.15, 0.2) is 0 Å². The lowest BCUT2D eigenvalue weighted by Gasteiger charge is -2.24. The third-order valence-electron chi connectivity index (χ3n) is 7.11. The summed E-state index contributed by atoms with van der Waals surface area (Å²) in [5, 5.41) is 18.0. The van der Waals surface area contributed by atoms with Crippen LogP contribution in [0.2, 0.25) is 0 Å². The normalized spacial score (nSPS) is 14.7. The summed E-state index contributed by atoms with van der Waals surface area (Å²) in [6.07, 6.45) is 9.82. The highest BCUT2D eigenvalue weighted by atomic mass is 16.4. The Hall–Kier alpha value is -3.34. The summed E-state index contributed by atoms with van der Waals surface area (Å²) in [6, 6.07) is 17.2. The number of aromatic amines is 1. The smallest absolute Gasteiger partial charge is 0.305 e. The van der Waals surface area contributed by atoms with E-state index >= 15 is 0 Å². The van der Waals surface area contributed by atoms with Crippen LogP contribution in [0.4, 0.5) is 0 Å². The number of carboxylic acid groups (broad SMARTS) is 1. The van der Waals surface area contributed by atoms with Crippen molar-refractivity contribution in [3.05, 3.63) is 65.9 Å². The number of carbonyl (C=O) groups is 1. The van der Waals surface area contributed by atoms with E-state index in [9.17, 15) is 4.79 Å². The van der Waals surface area contributed by atoms with Gasteiger partial charge in [0.1, 0.15) is 0 Å². The first-order valence-corrected chi connectivity index (χ1v) is 12.1. The SMILES string of the molecule is CCc1cc(-c2cc(-c3cccc4c3ccn4CCC(=O)O)[nH]n2)ccc1C1CCCCC1. The molecular weight excluding hydrogens is 410 g/mol. The summed E-state index contributed by atoms with van der Waals surface area (Å²) in [4.78, 5) is 11.0. The molecule has 1 saturated carbocycles. The highest BCUT2D eigenvalue weighted by molar-refractivity contribution is 5.95. The average Bonchev–Trinajstić information content (AvgIpc) is 3.50. The molecule has 0 bridgehead atoms. The molecule has 0 amide bonds. The monoisotopic (exact) mass is 441 g/mol. The van der Waals surface area contributed by atoms with E-state index in [1.165, 1.54) is 43.2 Å². The summed E-state index contributed by atoms with van der Waals surface area (Å²) in [5.74, 6) is -0.0765. The molecule has 170 valence electrons. The van der Waals surface area contributed by atoms with E-state index in [0.29, 0.717) is 12.5 Å². The average molecular weight is 442 g/mol. The first-order valence-electron chi connectivity index (χ1n) is 12.1. The van der Waals surface area contributed by atoms with Crippen molar-refractivity contribution in [2.24, 2.45) is 0 Å². The molecule has 0 aliphatic heterocycles. The van der Waals surface area contributed by atoms with Gasteiger partial charge in [-0.05, 0) is 60.6 Å². The van der Waals surface area contributed by atoms with Crippen molar-refractivity contribution >= 4 is 16.9 Å². The zero-order valence-corrected chi connectivity index (χ0v) is 19.2. The number of aromatic nitrogens is 3. The van der Waals surface area contributed by atoms with Gasteiger partial charge in [-0.2, -0.15) is 5.10 Å². The van der Waals surface area contributed by atoms with Crippen LogP contribution in [0.15, 0.2) is 54.7 Å². The predicted octanol–water partition coefficient (Wildman–Crippen LogP) is 6.78. The number of benzene rings is 2.